The summed E-state index contributed by atoms with van der Waals surface area (Å²) in [5, 5.41) is 3.48. The monoisotopic (exact) mass is 273 g/mol. The zero-order chi connectivity index (χ0) is 12.8. The van der Waals surface area contributed by atoms with E-state index in [1.165, 1.54) is 38.5 Å². The molecule has 0 aliphatic heterocycles. The predicted molar refractivity (Wildman–Crippen MR) is 75.5 cm³/mol. The molecule has 0 aromatic rings. The maximum atomic E-state index is 12.0. The Labute approximate surface area is 112 Å². The highest BCUT2D eigenvalue weighted by atomic mass is 32.2. The highest BCUT2D eigenvalue weighted by molar-refractivity contribution is 7.91. The van der Waals surface area contributed by atoms with Gasteiger partial charge in [0.15, 0.2) is 9.84 Å². The predicted octanol–water partition coefficient (Wildman–Crippen LogP) is 2.51. The van der Waals surface area contributed by atoms with Crippen LogP contribution in [0.1, 0.15) is 57.8 Å². The molecular formula is C14H27NO2S. The Morgan fingerprint density at radius 2 is 1.56 bits per heavy atom. The van der Waals surface area contributed by atoms with Crippen molar-refractivity contribution in [3.8, 4) is 0 Å². The quantitative estimate of drug-likeness (QED) is 0.725. The summed E-state index contributed by atoms with van der Waals surface area (Å²) in [6.07, 6.45) is 10.7. The van der Waals surface area contributed by atoms with Gasteiger partial charge < -0.3 is 5.32 Å². The van der Waals surface area contributed by atoms with Crippen LogP contribution in [0.3, 0.4) is 0 Å². The fourth-order valence-electron chi connectivity index (χ4n) is 3.35. The fraction of sp³-hybridized carbons (Fsp3) is 1.00. The molecule has 0 saturated heterocycles. The topological polar surface area (TPSA) is 46.2 Å². The summed E-state index contributed by atoms with van der Waals surface area (Å²) in [5.41, 5.74) is 0. The lowest BCUT2D eigenvalue weighted by atomic mass is 10.1. The molecule has 4 heteroatoms. The van der Waals surface area contributed by atoms with Gasteiger partial charge in [-0.2, -0.15) is 0 Å². The lowest BCUT2D eigenvalue weighted by molar-refractivity contribution is 0.518. The first-order valence-electron chi connectivity index (χ1n) is 7.59. The van der Waals surface area contributed by atoms with E-state index in [2.05, 4.69) is 5.32 Å². The molecule has 18 heavy (non-hydrogen) atoms. The second-order valence-electron chi connectivity index (χ2n) is 6.05. The van der Waals surface area contributed by atoms with Gasteiger partial charge in [0, 0.05) is 6.04 Å². The fourth-order valence-corrected chi connectivity index (χ4v) is 5.15. The Bertz CT molecular complexity index is 328. The van der Waals surface area contributed by atoms with Crippen LogP contribution in [0.2, 0.25) is 0 Å². The van der Waals surface area contributed by atoms with Gasteiger partial charge >= 0.3 is 0 Å². The zero-order valence-electron chi connectivity index (χ0n) is 11.4. The van der Waals surface area contributed by atoms with Crippen molar-refractivity contribution in [2.75, 3.05) is 18.1 Å². The standard InChI is InChI=1S/C14H27NO2S/c16-18(17,12-13-6-1-2-7-13)11-5-10-15-14-8-3-4-9-14/h13-15H,1-12H2. The van der Waals surface area contributed by atoms with Gasteiger partial charge in [-0.25, -0.2) is 8.42 Å². The van der Waals surface area contributed by atoms with E-state index in [1.54, 1.807) is 0 Å². The van der Waals surface area contributed by atoms with Crippen LogP contribution in [0.25, 0.3) is 0 Å². The summed E-state index contributed by atoms with van der Waals surface area (Å²) < 4.78 is 23.9. The molecule has 0 radical (unpaired) electrons. The van der Waals surface area contributed by atoms with E-state index in [0.717, 1.165) is 25.8 Å². The average molecular weight is 273 g/mol. The highest BCUT2D eigenvalue weighted by Gasteiger charge is 2.22. The van der Waals surface area contributed by atoms with E-state index in [0.29, 0.717) is 23.5 Å². The zero-order valence-corrected chi connectivity index (χ0v) is 12.2. The Hall–Kier alpha value is -0.0900. The van der Waals surface area contributed by atoms with E-state index < -0.39 is 9.84 Å². The van der Waals surface area contributed by atoms with Crippen LogP contribution >= 0.6 is 0 Å². The maximum Gasteiger partial charge on any atom is 0.150 e. The molecule has 0 atom stereocenters. The molecule has 2 saturated carbocycles. The van der Waals surface area contributed by atoms with Gasteiger partial charge in [0.2, 0.25) is 0 Å². The van der Waals surface area contributed by atoms with Crippen molar-refractivity contribution < 1.29 is 8.42 Å². The van der Waals surface area contributed by atoms with Gasteiger partial charge in [0.25, 0.3) is 0 Å². The highest BCUT2D eigenvalue weighted by Crippen LogP contribution is 2.26. The van der Waals surface area contributed by atoms with Crippen LogP contribution in [0.4, 0.5) is 0 Å². The van der Waals surface area contributed by atoms with E-state index in [1.807, 2.05) is 0 Å². The molecule has 2 aliphatic carbocycles. The van der Waals surface area contributed by atoms with E-state index in [-0.39, 0.29) is 0 Å². The lowest BCUT2D eigenvalue weighted by Crippen LogP contribution is -2.28. The first-order valence-corrected chi connectivity index (χ1v) is 9.42. The van der Waals surface area contributed by atoms with Crippen molar-refractivity contribution >= 4 is 9.84 Å². The minimum absolute atomic E-state index is 0.378. The summed E-state index contributed by atoms with van der Waals surface area (Å²) >= 11 is 0. The summed E-state index contributed by atoms with van der Waals surface area (Å²) in [4.78, 5) is 0. The van der Waals surface area contributed by atoms with E-state index in [4.69, 9.17) is 0 Å². The van der Waals surface area contributed by atoms with Crippen LogP contribution in [0.5, 0.6) is 0 Å². The first kappa shape index (κ1) is 14.3. The minimum atomic E-state index is -2.80. The smallest absolute Gasteiger partial charge is 0.150 e. The number of hydrogen-bond acceptors (Lipinski definition) is 3. The molecule has 106 valence electrons. The Morgan fingerprint density at radius 3 is 2.22 bits per heavy atom. The van der Waals surface area contributed by atoms with Crippen LogP contribution in [0.15, 0.2) is 0 Å². The molecule has 2 rings (SSSR count). The van der Waals surface area contributed by atoms with Gasteiger partial charge in [-0.1, -0.05) is 25.7 Å². The van der Waals surface area contributed by atoms with E-state index in [9.17, 15) is 8.42 Å². The Balaban J connectivity index is 1.59. The third-order valence-corrected chi connectivity index (χ3v) is 6.27. The molecule has 0 unspecified atom stereocenters. The molecule has 0 spiro atoms. The summed E-state index contributed by atoms with van der Waals surface area (Å²) in [7, 11) is -2.80. The molecule has 0 bridgehead atoms. The third-order valence-electron chi connectivity index (χ3n) is 4.38. The van der Waals surface area contributed by atoms with Gasteiger partial charge in [0.05, 0.1) is 11.5 Å². The van der Waals surface area contributed by atoms with Crippen LogP contribution in [-0.2, 0) is 9.84 Å². The second kappa shape index (κ2) is 6.90. The number of hydrogen-bond donors (Lipinski definition) is 1. The molecule has 0 aromatic heterocycles. The number of nitrogens with one attached hydrogen (secondary N) is 1. The van der Waals surface area contributed by atoms with E-state index >= 15 is 0 Å². The number of sulfone groups is 1. The van der Waals surface area contributed by atoms with Gasteiger partial charge in [-0.15, -0.1) is 0 Å². The second-order valence-corrected chi connectivity index (χ2v) is 8.28. The van der Waals surface area contributed by atoms with Gasteiger partial charge in [-0.05, 0) is 44.6 Å². The summed E-state index contributed by atoms with van der Waals surface area (Å²) in [6.45, 7) is 0.870. The lowest BCUT2D eigenvalue weighted by Gasteiger charge is -2.13. The normalized spacial score (nSPS) is 22.9. The van der Waals surface area contributed by atoms with Gasteiger partial charge in [0.1, 0.15) is 0 Å². The van der Waals surface area contributed by atoms with Crippen molar-refractivity contribution in [1.29, 1.82) is 0 Å². The summed E-state index contributed by atoms with van der Waals surface area (Å²) in [6, 6.07) is 0.655. The van der Waals surface area contributed by atoms with Gasteiger partial charge in [-0.3, -0.25) is 0 Å². The van der Waals surface area contributed by atoms with Crippen molar-refractivity contribution in [2.24, 2.45) is 5.92 Å². The Kier molecular flexibility index (Phi) is 5.49. The molecule has 3 nitrogen and oxygen atoms in total. The third kappa shape index (κ3) is 4.88. The first-order chi connectivity index (χ1) is 8.66. The van der Waals surface area contributed by atoms with Crippen LogP contribution < -0.4 is 5.32 Å². The molecular weight excluding hydrogens is 246 g/mol. The number of rotatable bonds is 7. The maximum absolute atomic E-state index is 12.0. The minimum Gasteiger partial charge on any atom is -0.314 e. The van der Waals surface area contributed by atoms with Crippen molar-refractivity contribution in [3.05, 3.63) is 0 Å². The Morgan fingerprint density at radius 1 is 0.944 bits per heavy atom. The average Bonchev–Trinajstić information content (AvgIpc) is 2.96. The molecule has 1 N–H and O–H groups in total. The largest absolute Gasteiger partial charge is 0.314 e. The molecule has 0 amide bonds. The molecule has 0 heterocycles. The van der Waals surface area contributed by atoms with Crippen molar-refractivity contribution in [2.45, 2.75) is 63.8 Å². The SMILES string of the molecule is O=S(=O)(CCCNC1CCCC1)CC1CCCC1. The van der Waals surface area contributed by atoms with Crippen molar-refractivity contribution in [3.63, 3.8) is 0 Å². The summed E-state index contributed by atoms with van der Waals surface area (Å²) in [5.74, 6) is 1.28. The molecule has 2 aliphatic rings. The molecule has 0 aromatic carbocycles. The van der Waals surface area contributed by atoms with Crippen molar-refractivity contribution in [1.82, 2.24) is 5.32 Å². The van der Waals surface area contributed by atoms with Crippen LogP contribution in [0, 0.1) is 5.92 Å². The van der Waals surface area contributed by atoms with Crippen LogP contribution in [-0.4, -0.2) is 32.5 Å². The molecule has 2 fully saturated rings.